The molecule has 0 fully saturated rings. The molecular weight excluding hydrogens is 322 g/mol. The van der Waals surface area contributed by atoms with Gasteiger partial charge in [-0.25, -0.2) is 13.9 Å². The minimum absolute atomic E-state index is 0.0837. The van der Waals surface area contributed by atoms with Gasteiger partial charge < -0.3 is 0 Å². The first-order valence-electron chi connectivity index (χ1n) is 6.82. The summed E-state index contributed by atoms with van der Waals surface area (Å²) in [7, 11) is 0. The third-order valence-electron chi connectivity index (χ3n) is 3.39. The molecule has 0 saturated carbocycles. The van der Waals surface area contributed by atoms with Crippen LogP contribution >= 0.6 is 11.6 Å². The molecule has 0 aliphatic carbocycles. The molecule has 3 nitrogen and oxygen atoms in total. The van der Waals surface area contributed by atoms with E-state index in [0.717, 1.165) is 17.7 Å². The minimum atomic E-state index is -0.792. The highest BCUT2D eigenvalue weighted by atomic mass is 35.5. The third kappa shape index (κ3) is 3.29. The molecule has 116 valence electrons. The lowest BCUT2D eigenvalue weighted by Gasteiger charge is -2.06. The van der Waals surface area contributed by atoms with Crippen molar-refractivity contribution in [1.29, 1.82) is 0 Å². The first-order chi connectivity index (χ1) is 11.0. The zero-order valence-corrected chi connectivity index (χ0v) is 12.6. The van der Waals surface area contributed by atoms with Gasteiger partial charge in [0, 0.05) is 11.4 Å². The normalized spacial score (nSPS) is 10.7. The van der Waals surface area contributed by atoms with Crippen LogP contribution in [0.5, 0.6) is 0 Å². The van der Waals surface area contributed by atoms with Crippen molar-refractivity contribution in [3.8, 4) is 11.1 Å². The summed E-state index contributed by atoms with van der Waals surface area (Å²) in [6.45, 7) is 0. The quantitative estimate of drug-likeness (QED) is 0.789. The molecule has 0 saturated heterocycles. The van der Waals surface area contributed by atoms with Crippen molar-refractivity contribution in [1.82, 2.24) is 10.2 Å². The monoisotopic (exact) mass is 332 g/mol. The van der Waals surface area contributed by atoms with Crippen molar-refractivity contribution in [3.05, 3.63) is 86.8 Å². The molecule has 2 aromatic carbocycles. The fraction of sp³-hybridized carbons (Fsp3) is 0.0588. The summed E-state index contributed by atoms with van der Waals surface area (Å²) in [4.78, 5) is 11.9. The van der Waals surface area contributed by atoms with Crippen molar-refractivity contribution in [2.45, 2.75) is 6.42 Å². The van der Waals surface area contributed by atoms with Crippen molar-refractivity contribution in [2.75, 3.05) is 0 Å². The highest BCUT2D eigenvalue weighted by Gasteiger charge is 2.15. The fourth-order valence-electron chi connectivity index (χ4n) is 2.29. The van der Waals surface area contributed by atoms with Gasteiger partial charge in [0.05, 0.1) is 16.8 Å². The molecule has 0 spiro atoms. The lowest BCUT2D eigenvalue weighted by molar-refractivity contribution is 0.589. The summed E-state index contributed by atoms with van der Waals surface area (Å²) in [6, 6.07) is 12.0. The van der Waals surface area contributed by atoms with Gasteiger partial charge in [-0.3, -0.25) is 4.79 Å². The zero-order chi connectivity index (χ0) is 16.4. The molecule has 0 aliphatic heterocycles. The first kappa shape index (κ1) is 15.4. The highest BCUT2D eigenvalue weighted by Crippen LogP contribution is 2.23. The predicted molar refractivity (Wildman–Crippen MR) is 84.5 cm³/mol. The Morgan fingerprint density at radius 3 is 2.35 bits per heavy atom. The number of nitrogens with one attached hydrogen (secondary N) is 1. The summed E-state index contributed by atoms with van der Waals surface area (Å²) in [5.41, 5.74) is 0.320. The van der Waals surface area contributed by atoms with E-state index in [1.807, 2.05) is 12.1 Å². The molecule has 3 aromatic rings. The molecule has 0 amide bonds. The van der Waals surface area contributed by atoms with Crippen molar-refractivity contribution >= 4 is 11.6 Å². The van der Waals surface area contributed by atoms with Crippen LogP contribution < -0.4 is 5.56 Å². The maximum absolute atomic E-state index is 13.9. The number of rotatable bonds is 3. The number of aromatic amines is 1. The van der Waals surface area contributed by atoms with Crippen LogP contribution in [0, 0.1) is 11.6 Å². The Labute approximate surface area is 135 Å². The lowest BCUT2D eigenvalue weighted by atomic mass is 10.0. The summed E-state index contributed by atoms with van der Waals surface area (Å²) in [6.07, 6.45) is 0.400. The number of H-pyrrole nitrogens is 1. The van der Waals surface area contributed by atoms with Crippen molar-refractivity contribution in [3.63, 3.8) is 0 Å². The summed E-state index contributed by atoms with van der Waals surface area (Å²) < 4.78 is 27.8. The Bertz CT molecular complexity index is 887. The Balaban J connectivity index is 2.03. The van der Waals surface area contributed by atoms with Gasteiger partial charge >= 0.3 is 0 Å². The molecule has 6 heteroatoms. The van der Waals surface area contributed by atoms with E-state index in [2.05, 4.69) is 10.2 Å². The van der Waals surface area contributed by atoms with Gasteiger partial charge in [0.1, 0.15) is 11.6 Å². The zero-order valence-electron chi connectivity index (χ0n) is 11.8. The second kappa shape index (κ2) is 6.30. The largest absolute Gasteiger partial charge is 0.272 e. The van der Waals surface area contributed by atoms with E-state index in [4.69, 9.17) is 11.6 Å². The SMILES string of the molecule is O=c1[nH]nc(Cc2ccc(Cl)cc2)cc1-c1c(F)cccc1F. The third-order valence-corrected chi connectivity index (χ3v) is 3.64. The molecule has 1 aromatic heterocycles. The Kier molecular flexibility index (Phi) is 4.21. The van der Waals surface area contributed by atoms with Crippen LogP contribution in [0.1, 0.15) is 11.3 Å². The van der Waals surface area contributed by atoms with Crippen LogP contribution in [0.3, 0.4) is 0 Å². The second-order valence-corrected chi connectivity index (χ2v) is 5.44. The van der Waals surface area contributed by atoms with Gasteiger partial charge in [0.2, 0.25) is 0 Å². The van der Waals surface area contributed by atoms with Gasteiger partial charge in [0.25, 0.3) is 5.56 Å². The average molecular weight is 333 g/mol. The summed E-state index contributed by atoms with van der Waals surface area (Å²) >= 11 is 5.83. The van der Waals surface area contributed by atoms with Crippen molar-refractivity contribution in [2.24, 2.45) is 0 Å². The standard InChI is InChI=1S/C17H11ClF2N2O/c18-11-6-4-10(5-7-11)8-12-9-13(17(23)22-21-12)16-14(19)2-1-3-15(16)20/h1-7,9H,8H2,(H,22,23). The number of hydrogen-bond acceptors (Lipinski definition) is 2. The maximum Gasteiger partial charge on any atom is 0.272 e. The lowest BCUT2D eigenvalue weighted by Crippen LogP contribution is -2.14. The average Bonchev–Trinajstić information content (AvgIpc) is 2.52. The van der Waals surface area contributed by atoms with Crippen LogP contribution in [0.4, 0.5) is 8.78 Å². The van der Waals surface area contributed by atoms with Crippen LogP contribution in [0.25, 0.3) is 11.1 Å². The van der Waals surface area contributed by atoms with Gasteiger partial charge in [0.15, 0.2) is 0 Å². The number of nitrogens with zero attached hydrogens (tertiary/aromatic N) is 1. The molecule has 0 aliphatic rings. The Hall–Kier alpha value is -2.53. The smallest absolute Gasteiger partial charge is 0.267 e. The maximum atomic E-state index is 13.9. The fourth-order valence-corrected chi connectivity index (χ4v) is 2.42. The predicted octanol–water partition coefficient (Wildman–Crippen LogP) is 3.96. The van der Waals surface area contributed by atoms with E-state index in [-0.39, 0.29) is 11.1 Å². The second-order valence-electron chi connectivity index (χ2n) is 5.00. The van der Waals surface area contributed by atoms with Gasteiger partial charge in [-0.05, 0) is 35.9 Å². The molecule has 0 bridgehead atoms. The highest BCUT2D eigenvalue weighted by molar-refractivity contribution is 6.30. The molecule has 1 heterocycles. The van der Waals surface area contributed by atoms with Gasteiger partial charge in [-0.15, -0.1) is 0 Å². The summed E-state index contributed by atoms with van der Waals surface area (Å²) in [5.74, 6) is -1.58. The van der Waals surface area contributed by atoms with Gasteiger partial charge in [-0.1, -0.05) is 29.8 Å². The van der Waals surface area contributed by atoms with E-state index >= 15 is 0 Å². The Morgan fingerprint density at radius 1 is 1.04 bits per heavy atom. The van der Waals surface area contributed by atoms with Crippen LogP contribution in [0.2, 0.25) is 5.02 Å². The van der Waals surface area contributed by atoms with Crippen LogP contribution in [-0.2, 0) is 6.42 Å². The molecule has 1 N–H and O–H groups in total. The molecule has 0 atom stereocenters. The summed E-state index contributed by atoms with van der Waals surface area (Å²) in [5, 5.41) is 6.82. The van der Waals surface area contributed by atoms with E-state index in [1.54, 1.807) is 12.1 Å². The number of hydrogen-bond donors (Lipinski definition) is 1. The van der Waals surface area contributed by atoms with Crippen LogP contribution in [0.15, 0.2) is 53.3 Å². The molecule has 0 unspecified atom stereocenters. The van der Waals surface area contributed by atoms with Crippen LogP contribution in [-0.4, -0.2) is 10.2 Å². The Morgan fingerprint density at radius 2 is 1.70 bits per heavy atom. The van der Waals surface area contributed by atoms with E-state index < -0.39 is 17.2 Å². The minimum Gasteiger partial charge on any atom is -0.267 e. The molecule has 0 radical (unpaired) electrons. The molecule has 23 heavy (non-hydrogen) atoms. The molecule has 3 rings (SSSR count). The molecular formula is C17H11ClF2N2O. The van der Waals surface area contributed by atoms with E-state index in [9.17, 15) is 13.6 Å². The number of benzene rings is 2. The first-order valence-corrected chi connectivity index (χ1v) is 7.20. The number of aromatic nitrogens is 2. The van der Waals surface area contributed by atoms with Crippen molar-refractivity contribution < 1.29 is 8.78 Å². The van der Waals surface area contributed by atoms with E-state index in [0.29, 0.717) is 17.1 Å². The van der Waals surface area contributed by atoms with Gasteiger partial charge in [-0.2, -0.15) is 5.10 Å². The number of halogens is 3. The topological polar surface area (TPSA) is 45.8 Å². The van der Waals surface area contributed by atoms with E-state index in [1.165, 1.54) is 12.1 Å².